The maximum absolute atomic E-state index is 11.6. The molecule has 0 rings (SSSR count). The van der Waals surface area contributed by atoms with Crippen LogP contribution in [0.5, 0.6) is 0 Å². The highest BCUT2D eigenvalue weighted by molar-refractivity contribution is 5.76. The van der Waals surface area contributed by atoms with Crippen LogP contribution < -0.4 is 5.73 Å². The number of amides is 1. The van der Waals surface area contributed by atoms with Crippen molar-refractivity contribution in [1.29, 1.82) is 0 Å². The molecule has 2 N–H and O–H groups in total. The highest BCUT2D eigenvalue weighted by atomic mass is 16.5. The van der Waals surface area contributed by atoms with E-state index in [0.29, 0.717) is 32.7 Å². The number of nitrogens with zero attached hydrogens (tertiary/aromatic N) is 1. The van der Waals surface area contributed by atoms with Crippen molar-refractivity contribution in [2.45, 2.75) is 26.2 Å². The standard InChI is InChI=1S/C10H22N2O2/c1-3-4-5-10(13)12(7-6-11)8-9-14-2/h3-9,11H2,1-2H3. The van der Waals surface area contributed by atoms with Crippen LogP contribution in [0.4, 0.5) is 0 Å². The van der Waals surface area contributed by atoms with Crippen LogP contribution in [-0.4, -0.2) is 44.2 Å². The second kappa shape index (κ2) is 8.97. The second-order valence-corrected chi connectivity index (χ2v) is 3.27. The molecule has 0 heterocycles. The molecule has 0 aliphatic heterocycles. The first-order chi connectivity index (χ1) is 6.76. The maximum Gasteiger partial charge on any atom is 0.222 e. The molecular weight excluding hydrogens is 180 g/mol. The quantitative estimate of drug-likeness (QED) is 0.627. The van der Waals surface area contributed by atoms with Gasteiger partial charge >= 0.3 is 0 Å². The molecule has 0 spiro atoms. The van der Waals surface area contributed by atoms with Crippen LogP contribution in [0.2, 0.25) is 0 Å². The van der Waals surface area contributed by atoms with Crippen molar-refractivity contribution in [2.75, 3.05) is 33.4 Å². The summed E-state index contributed by atoms with van der Waals surface area (Å²) in [6, 6.07) is 0. The Hall–Kier alpha value is -0.610. The van der Waals surface area contributed by atoms with Gasteiger partial charge in [0.1, 0.15) is 0 Å². The predicted octanol–water partition coefficient (Wildman–Crippen LogP) is 0.610. The van der Waals surface area contributed by atoms with E-state index in [2.05, 4.69) is 6.92 Å². The average molecular weight is 202 g/mol. The topological polar surface area (TPSA) is 55.6 Å². The number of carbonyl (C=O) groups excluding carboxylic acids is 1. The van der Waals surface area contributed by atoms with Gasteiger partial charge in [0.2, 0.25) is 5.91 Å². The van der Waals surface area contributed by atoms with Crippen molar-refractivity contribution >= 4 is 5.91 Å². The Labute approximate surface area is 86.4 Å². The van der Waals surface area contributed by atoms with Gasteiger partial charge in [0, 0.05) is 33.2 Å². The maximum atomic E-state index is 11.6. The normalized spacial score (nSPS) is 10.2. The first-order valence-electron chi connectivity index (χ1n) is 5.23. The molecular formula is C10H22N2O2. The first kappa shape index (κ1) is 13.4. The lowest BCUT2D eigenvalue weighted by Crippen LogP contribution is -2.37. The van der Waals surface area contributed by atoms with E-state index in [-0.39, 0.29) is 5.91 Å². The summed E-state index contributed by atoms with van der Waals surface area (Å²) in [5, 5.41) is 0. The van der Waals surface area contributed by atoms with Gasteiger partial charge in [-0.15, -0.1) is 0 Å². The van der Waals surface area contributed by atoms with Crippen LogP contribution in [0.15, 0.2) is 0 Å². The molecule has 4 heteroatoms. The smallest absolute Gasteiger partial charge is 0.222 e. The number of ether oxygens (including phenoxy) is 1. The molecule has 0 atom stereocenters. The average Bonchev–Trinajstić information content (AvgIpc) is 2.20. The molecule has 84 valence electrons. The highest BCUT2D eigenvalue weighted by Crippen LogP contribution is 2.00. The minimum absolute atomic E-state index is 0.189. The summed E-state index contributed by atoms with van der Waals surface area (Å²) in [6.07, 6.45) is 2.62. The minimum atomic E-state index is 0.189. The van der Waals surface area contributed by atoms with Crippen LogP contribution in [-0.2, 0) is 9.53 Å². The van der Waals surface area contributed by atoms with Crippen LogP contribution >= 0.6 is 0 Å². The zero-order valence-electron chi connectivity index (χ0n) is 9.29. The van der Waals surface area contributed by atoms with E-state index in [0.717, 1.165) is 12.8 Å². The van der Waals surface area contributed by atoms with Crippen LogP contribution in [0.3, 0.4) is 0 Å². The summed E-state index contributed by atoms with van der Waals surface area (Å²) < 4.78 is 4.94. The third-order valence-electron chi connectivity index (χ3n) is 2.06. The lowest BCUT2D eigenvalue weighted by Gasteiger charge is -2.21. The molecule has 0 saturated carbocycles. The molecule has 1 amide bonds. The zero-order chi connectivity index (χ0) is 10.8. The van der Waals surface area contributed by atoms with Crippen molar-refractivity contribution in [3.63, 3.8) is 0 Å². The summed E-state index contributed by atoms with van der Waals surface area (Å²) in [5.74, 6) is 0.189. The third-order valence-corrected chi connectivity index (χ3v) is 2.06. The van der Waals surface area contributed by atoms with Gasteiger partial charge in [-0.3, -0.25) is 4.79 Å². The van der Waals surface area contributed by atoms with E-state index < -0.39 is 0 Å². The van der Waals surface area contributed by atoms with Gasteiger partial charge in [0.05, 0.1) is 6.61 Å². The largest absolute Gasteiger partial charge is 0.383 e. The number of rotatable bonds is 8. The van der Waals surface area contributed by atoms with Gasteiger partial charge in [0.25, 0.3) is 0 Å². The van der Waals surface area contributed by atoms with Gasteiger partial charge in [0.15, 0.2) is 0 Å². The monoisotopic (exact) mass is 202 g/mol. The van der Waals surface area contributed by atoms with Crippen LogP contribution in [0, 0.1) is 0 Å². The van der Waals surface area contributed by atoms with Crippen LogP contribution in [0.1, 0.15) is 26.2 Å². The molecule has 0 aliphatic rings. The summed E-state index contributed by atoms with van der Waals surface area (Å²) in [6.45, 7) is 4.46. The Kier molecular flexibility index (Phi) is 8.57. The Morgan fingerprint density at radius 1 is 1.43 bits per heavy atom. The highest BCUT2D eigenvalue weighted by Gasteiger charge is 2.10. The number of hydrogen-bond donors (Lipinski definition) is 1. The van der Waals surface area contributed by atoms with Crippen molar-refractivity contribution in [1.82, 2.24) is 4.90 Å². The predicted molar refractivity (Wildman–Crippen MR) is 57.0 cm³/mol. The fourth-order valence-electron chi connectivity index (χ4n) is 1.20. The molecule has 0 fully saturated rings. The van der Waals surface area contributed by atoms with E-state index in [9.17, 15) is 4.79 Å². The van der Waals surface area contributed by atoms with Gasteiger partial charge in [-0.2, -0.15) is 0 Å². The van der Waals surface area contributed by atoms with E-state index in [1.807, 2.05) is 0 Å². The molecule has 0 aromatic carbocycles. The van der Waals surface area contributed by atoms with Crippen LogP contribution in [0.25, 0.3) is 0 Å². The summed E-state index contributed by atoms with van der Waals surface area (Å²) >= 11 is 0. The molecule has 14 heavy (non-hydrogen) atoms. The molecule has 0 aromatic rings. The van der Waals surface area contributed by atoms with Gasteiger partial charge < -0.3 is 15.4 Å². The van der Waals surface area contributed by atoms with Gasteiger partial charge in [-0.1, -0.05) is 13.3 Å². The Bertz CT molecular complexity index is 151. The minimum Gasteiger partial charge on any atom is -0.383 e. The zero-order valence-corrected chi connectivity index (χ0v) is 9.29. The molecule has 0 saturated heterocycles. The Morgan fingerprint density at radius 2 is 2.14 bits per heavy atom. The fraction of sp³-hybridized carbons (Fsp3) is 0.900. The second-order valence-electron chi connectivity index (χ2n) is 3.27. The van der Waals surface area contributed by atoms with E-state index >= 15 is 0 Å². The summed E-state index contributed by atoms with van der Waals surface area (Å²) in [4.78, 5) is 13.4. The van der Waals surface area contributed by atoms with Crippen molar-refractivity contribution < 1.29 is 9.53 Å². The van der Waals surface area contributed by atoms with E-state index in [1.165, 1.54) is 0 Å². The number of unbranched alkanes of at least 4 members (excludes halogenated alkanes) is 1. The number of hydrogen-bond acceptors (Lipinski definition) is 3. The summed E-state index contributed by atoms with van der Waals surface area (Å²) in [7, 11) is 1.64. The SMILES string of the molecule is CCCCC(=O)N(CCN)CCOC. The lowest BCUT2D eigenvalue weighted by atomic mass is 10.2. The Morgan fingerprint density at radius 3 is 2.64 bits per heavy atom. The molecule has 0 radical (unpaired) electrons. The van der Waals surface area contributed by atoms with E-state index in [1.54, 1.807) is 12.0 Å². The third kappa shape index (κ3) is 5.94. The molecule has 0 aliphatic carbocycles. The number of carbonyl (C=O) groups is 1. The van der Waals surface area contributed by atoms with Gasteiger partial charge in [-0.05, 0) is 6.42 Å². The number of methoxy groups -OCH3 is 1. The molecule has 0 aromatic heterocycles. The van der Waals surface area contributed by atoms with Crippen molar-refractivity contribution in [3.8, 4) is 0 Å². The van der Waals surface area contributed by atoms with Crippen molar-refractivity contribution in [3.05, 3.63) is 0 Å². The molecule has 0 bridgehead atoms. The van der Waals surface area contributed by atoms with Crippen molar-refractivity contribution in [2.24, 2.45) is 5.73 Å². The fourth-order valence-corrected chi connectivity index (χ4v) is 1.20. The molecule has 0 unspecified atom stereocenters. The molecule has 4 nitrogen and oxygen atoms in total. The lowest BCUT2D eigenvalue weighted by molar-refractivity contribution is -0.131. The first-order valence-corrected chi connectivity index (χ1v) is 5.23. The Balaban J connectivity index is 3.84. The van der Waals surface area contributed by atoms with Gasteiger partial charge in [-0.25, -0.2) is 0 Å². The summed E-state index contributed by atoms with van der Waals surface area (Å²) in [5.41, 5.74) is 5.43. The van der Waals surface area contributed by atoms with E-state index in [4.69, 9.17) is 10.5 Å². The number of nitrogens with two attached hydrogens (primary N) is 1.